The van der Waals surface area contributed by atoms with Crippen molar-refractivity contribution in [3.05, 3.63) is 66.0 Å². The van der Waals surface area contributed by atoms with Gasteiger partial charge in [0.25, 0.3) is 0 Å². The highest BCUT2D eigenvalue weighted by Gasteiger charge is 2.29. The Morgan fingerprint density at radius 3 is 2.23 bits per heavy atom. The Bertz CT molecular complexity index is 1080. The Morgan fingerprint density at radius 1 is 1.03 bits per heavy atom. The van der Waals surface area contributed by atoms with Gasteiger partial charge in [0.15, 0.2) is 0 Å². The number of nitrogens with one attached hydrogen (secondary N) is 1. The zero-order valence-electron chi connectivity index (χ0n) is 20.9. The van der Waals surface area contributed by atoms with Crippen LogP contribution in [0.15, 0.2) is 54.6 Å². The Labute approximate surface area is 208 Å². The molecule has 0 fully saturated rings. The van der Waals surface area contributed by atoms with Crippen LogP contribution in [0.4, 0.5) is 10.1 Å². The predicted octanol–water partition coefficient (Wildman–Crippen LogP) is 3.95. The first-order chi connectivity index (χ1) is 16.5. The minimum atomic E-state index is -3.75. The van der Waals surface area contributed by atoms with Crippen LogP contribution in [0.5, 0.6) is 0 Å². The van der Waals surface area contributed by atoms with E-state index in [1.165, 1.54) is 18.2 Å². The van der Waals surface area contributed by atoms with E-state index in [0.29, 0.717) is 13.0 Å². The fourth-order valence-corrected chi connectivity index (χ4v) is 4.72. The molecule has 1 N–H and O–H groups in total. The number of carbonyl (C=O) groups is 2. The number of sulfonamides is 1. The number of anilines is 1. The number of nitrogens with zero attached hydrogens (tertiary/aromatic N) is 2. The van der Waals surface area contributed by atoms with Crippen molar-refractivity contribution in [3.8, 4) is 0 Å². The molecular weight excluding hydrogens is 469 g/mol. The molecule has 0 aliphatic carbocycles. The second-order valence-corrected chi connectivity index (χ2v) is 10.9. The van der Waals surface area contributed by atoms with Crippen molar-refractivity contribution in [1.82, 2.24) is 10.2 Å². The van der Waals surface area contributed by atoms with E-state index in [4.69, 9.17) is 0 Å². The molecule has 0 spiro atoms. The molecule has 0 aromatic heterocycles. The van der Waals surface area contributed by atoms with Crippen molar-refractivity contribution in [1.29, 1.82) is 0 Å². The molecule has 2 rings (SSSR count). The molecule has 2 aromatic rings. The molecule has 0 bridgehead atoms. The standard InChI is InChI=1S/C26H36FN3O4S/c1-5-23(26(32)28-18-20(2)3)29(19-21-12-7-6-8-13-21)25(31)16-11-17-30(35(4,33)34)24-15-10-9-14-22(24)27/h6-10,12-15,20,23H,5,11,16-19H2,1-4H3,(H,28,32)/t23-/m0/s1. The molecule has 0 heterocycles. The summed E-state index contributed by atoms with van der Waals surface area (Å²) < 4.78 is 39.9. The molecule has 192 valence electrons. The minimum absolute atomic E-state index is 0.0151. The summed E-state index contributed by atoms with van der Waals surface area (Å²) in [5, 5.41) is 2.91. The largest absolute Gasteiger partial charge is 0.354 e. The van der Waals surface area contributed by atoms with Gasteiger partial charge in [-0.3, -0.25) is 13.9 Å². The van der Waals surface area contributed by atoms with Crippen molar-refractivity contribution < 1.29 is 22.4 Å². The number of benzene rings is 2. The minimum Gasteiger partial charge on any atom is -0.354 e. The predicted molar refractivity (Wildman–Crippen MR) is 137 cm³/mol. The van der Waals surface area contributed by atoms with E-state index < -0.39 is 21.9 Å². The van der Waals surface area contributed by atoms with Crippen LogP contribution < -0.4 is 9.62 Å². The van der Waals surface area contributed by atoms with Crippen molar-refractivity contribution in [2.24, 2.45) is 5.92 Å². The lowest BCUT2D eigenvalue weighted by molar-refractivity contribution is -0.141. The second-order valence-electron chi connectivity index (χ2n) is 8.96. The number of carbonyl (C=O) groups excluding carboxylic acids is 2. The molecular formula is C26H36FN3O4S. The van der Waals surface area contributed by atoms with Gasteiger partial charge in [0.1, 0.15) is 11.9 Å². The molecule has 35 heavy (non-hydrogen) atoms. The zero-order valence-corrected chi connectivity index (χ0v) is 21.7. The molecule has 0 saturated carbocycles. The maximum atomic E-state index is 14.3. The third-order valence-corrected chi connectivity index (χ3v) is 6.72. The van der Waals surface area contributed by atoms with Crippen molar-refractivity contribution in [2.75, 3.05) is 23.7 Å². The molecule has 0 saturated heterocycles. The Kier molecular flexibility index (Phi) is 10.7. The first-order valence-corrected chi connectivity index (χ1v) is 13.7. The smallest absolute Gasteiger partial charge is 0.242 e. The van der Waals surface area contributed by atoms with Gasteiger partial charge in [0.2, 0.25) is 21.8 Å². The first-order valence-electron chi connectivity index (χ1n) is 11.9. The van der Waals surface area contributed by atoms with E-state index >= 15 is 0 Å². The zero-order chi connectivity index (χ0) is 26.0. The summed E-state index contributed by atoms with van der Waals surface area (Å²) in [5.41, 5.74) is 0.836. The molecule has 2 amide bonds. The topological polar surface area (TPSA) is 86.8 Å². The number of hydrogen-bond acceptors (Lipinski definition) is 4. The van der Waals surface area contributed by atoms with Gasteiger partial charge in [-0.2, -0.15) is 0 Å². The van der Waals surface area contributed by atoms with Gasteiger partial charge in [0.05, 0.1) is 11.9 Å². The average molecular weight is 506 g/mol. The summed E-state index contributed by atoms with van der Waals surface area (Å²) in [6, 6.07) is 14.4. The van der Waals surface area contributed by atoms with Crippen LogP contribution in [0.2, 0.25) is 0 Å². The average Bonchev–Trinajstić information content (AvgIpc) is 2.80. The fourth-order valence-electron chi connectivity index (χ4n) is 3.76. The molecule has 7 nitrogen and oxygen atoms in total. The summed E-state index contributed by atoms with van der Waals surface area (Å²) in [7, 11) is -3.75. The van der Waals surface area contributed by atoms with E-state index in [2.05, 4.69) is 5.32 Å². The highest BCUT2D eigenvalue weighted by Crippen LogP contribution is 2.22. The number of para-hydroxylation sites is 1. The quantitative estimate of drug-likeness (QED) is 0.447. The van der Waals surface area contributed by atoms with Crippen LogP contribution in [-0.2, 0) is 26.2 Å². The number of hydrogen-bond donors (Lipinski definition) is 1. The summed E-state index contributed by atoms with van der Waals surface area (Å²) in [5.74, 6) is -0.852. The van der Waals surface area contributed by atoms with Crippen molar-refractivity contribution in [2.45, 2.75) is 52.6 Å². The highest BCUT2D eigenvalue weighted by atomic mass is 32.2. The Balaban J connectivity index is 2.19. The first kappa shape index (κ1) is 28.3. The molecule has 0 aliphatic heterocycles. The SMILES string of the molecule is CC[C@@H](C(=O)NCC(C)C)N(Cc1ccccc1)C(=O)CCCN(c1ccccc1F)S(C)(=O)=O. The Hall–Kier alpha value is -2.94. The van der Waals surface area contributed by atoms with Crippen LogP contribution in [-0.4, -0.2) is 50.5 Å². The number of rotatable bonds is 13. The molecule has 0 aliphatic rings. The highest BCUT2D eigenvalue weighted by molar-refractivity contribution is 7.92. The number of halogens is 1. The summed E-state index contributed by atoms with van der Waals surface area (Å²) in [6.45, 7) is 6.56. The van der Waals surface area contributed by atoms with Crippen LogP contribution in [0.3, 0.4) is 0 Å². The van der Waals surface area contributed by atoms with E-state index in [1.54, 1.807) is 11.0 Å². The van der Waals surface area contributed by atoms with Gasteiger partial charge >= 0.3 is 0 Å². The van der Waals surface area contributed by atoms with E-state index in [0.717, 1.165) is 16.1 Å². The molecule has 2 aromatic carbocycles. The van der Waals surface area contributed by atoms with Gasteiger partial charge in [-0.1, -0.05) is 63.2 Å². The third kappa shape index (κ3) is 8.65. The monoisotopic (exact) mass is 505 g/mol. The lowest BCUT2D eigenvalue weighted by Gasteiger charge is -2.31. The van der Waals surface area contributed by atoms with Crippen LogP contribution in [0, 0.1) is 11.7 Å². The third-order valence-electron chi connectivity index (χ3n) is 5.54. The van der Waals surface area contributed by atoms with Crippen molar-refractivity contribution >= 4 is 27.5 Å². The molecule has 0 radical (unpaired) electrons. The molecule has 1 atom stereocenters. The lowest BCUT2D eigenvalue weighted by atomic mass is 10.1. The lowest BCUT2D eigenvalue weighted by Crippen LogP contribution is -2.49. The summed E-state index contributed by atoms with van der Waals surface area (Å²) >= 11 is 0. The van der Waals surface area contributed by atoms with Crippen LogP contribution in [0.25, 0.3) is 0 Å². The van der Waals surface area contributed by atoms with Crippen LogP contribution >= 0.6 is 0 Å². The van der Waals surface area contributed by atoms with E-state index in [-0.39, 0.29) is 49.4 Å². The van der Waals surface area contributed by atoms with E-state index in [9.17, 15) is 22.4 Å². The van der Waals surface area contributed by atoms with Gasteiger partial charge in [-0.05, 0) is 36.5 Å². The Morgan fingerprint density at radius 2 is 1.66 bits per heavy atom. The second kappa shape index (κ2) is 13.2. The van der Waals surface area contributed by atoms with E-state index in [1.807, 2.05) is 51.1 Å². The van der Waals surface area contributed by atoms with Gasteiger partial charge in [-0.25, -0.2) is 12.8 Å². The van der Waals surface area contributed by atoms with Crippen molar-refractivity contribution in [3.63, 3.8) is 0 Å². The fraction of sp³-hybridized carbons (Fsp3) is 0.462. The van der Waals surface area contributed by atoms with Crippen LogP contribution in [0.1, 0.15) is 45.6 Å². The maximum Gasteiger partial charge on any atom is 0.242 e. The molecule has 9 heteroatoms. The van der Waals surface area contributed by atoms with Gasteiger partial charge < -0.3 is 10.2 Å². The van der Waals surface area contributed by atoms with Gasteiger partial charge in [-0.15, -0.1) is 0 Å². The van der Waals surface area contributed by atoms with Gasteiger partial charge in [0, 0.05) is 26.1 Å². The number of amides is 2. The maximum absolute atomic E-state index is 14.3. The molecule has 0 unspecified atom stereocenters. The normalized spacial score (nSPS) is 12.3. The summed E-state index contributed by atoms with van der Waals surface area (Å²) in [6.07, 6.45) is 1.64. The summed E-state index contributed by atoms with van der Waals surface area (Å²) in [4.78, 5) is 27.8.